The number of nitrogens with one attached hydrogen (secondary N) is 1. The molecule has 9 heteroatoms. The normalized spacial score (nSPS) is 14.8. The van der Waals surface area contributed by atoms with Gasteiger partial charge in [-0.15, -0.1) is 0 Å². The second kappa shape index (κ2) is 12.1. The quantitative estimate of drug-likeness (QED) is 0.315. The van der Waals surface area contributed by atoms with E-state index >= 15 is 0 Å². The Morgan fingerprint density at radius 1 is 0.976 bits per heavy atom. The van der Waals surface area contributed by atoms with Crippen molar-refractivity contribution in [1.82, 2.24) is 4.57 Å². The highest BCUT2D eigenvalue weighted by Gasteiger charge is 2.34. The zero-order valence-electron chi connectivity index (χ0n) is 24.4. The van der Waals surface area contributed by atoms with E-state index in [2.05, 4.69) is 19.2 Å². The Labute approximate surface area is 248 Å². The summed E-state index contributed by atoms with van der Waals surface area (Å²) in [5, 5.41) is 2.98. The first-order valence-corrected chi connectivity index (χ1v) is 14.4. The van der Waals surface area contributed by atoms with E-state index in [0.29, 0.717) is 43.4 Å². The van der Waals surface area contributed by atoms with Gasteiger partial charge in [0.1, 0.15) is 23.3 Å². The van der Waals surface area contributed by atoms with Crippen molar-refractivity contribution >= 4 is 29.0 Å². The van der Waals surface area contributed by atoms with Gasteiger partial charge < -0.3 is 19.5 Å². The highest BCUT2D eigenvalue weighted by Crippen LogP contribution is 2.37. The van der Waals surface area contributed by atoms with E-state index in [1.54, 1.807) is 45.0 Å². The highest BCUT2D eigenvalue weighted by molar-refractivity contribution is 7.07. The van der Waals surface area contributed by atoms with Crippen molar-refractivity contribution in [3.8, 4) is 17.2 Å². The maximum atomic E-state index is 14.2. The molecule has 8 nitrogen and oxygen atoms in total. The summed E-state index contributed by atoms with van der Waals surface area (Å²) in [6.45, 7) is 6.00. The predicted molar refractivity (Wildman–Crippen MR) is 165 cm³/mol. The standard InChI is InChI=1S/C33H33N3O5S/c1-19(2)26-17-23(39-4)13-12-21(26)16-28-32(38)36-30(25-15-14-24(40-5)18-27(25)41-6)29(20(3)34-33(36)42-28)31(37)35-22-10-8-7-9-11-22/h7-19,30H,1-6H3,(H,35,37)/b28-16-/t30-/m1/s1. The number of hydrogen-bond donors (Lipinski definition) is 1. The van der Waals surface area contributed by atoms with Crippen molar-refractivity contribution in [3.05, 3.63) is 114 Å². The van der Waals surface area contributed by atoms with Gasteiger partial charge in [-0.25, -0.2) is 4.99 Å². The fourth-order valence-electron chi connectivity index (χ4n) is 5.12. The molecule has 0 saturated carbocycles. The lowest BCUT2D eigenvalue weighted by molar-refractivity contribution is -0.113. The summed E-state index contributed by atoms with van der Waals surface area (Å²) in [5.74, 6) is 1.71. The third kappa shape index (κ3) is 5.47. The van der Waals surface area contributed by atoms with Gasteiger partial charge in [0.15, 0.2) is 4.80 Å². The number of rotatable bonds is 8. The molecule has 216 valence electrons. The van der Waals surface area contributed by atoms with E-state index in [-0.39, 0.29) is 17.4 Å². The highest BCUT2D eigenvalue weighted by atomic mass is 32.1. The van der Waals surface area contributed by atoms with Crippen LogP contribution in [0.1, 0.15) is 49.4 Å². The van der Waals surface area contributed by atoms with Crippen LogP contribution >= 0.6 is 11.3 Å². The Kier molecular flexibility index (Phi) is 8.31. The topological polar surface area (TPSA) is 91.2 Å². The van der Waals surface area contributed by atoms with Gasteiger partial charge >= 0.3 is 0 Å². The summed E-state index contributed by atoms with van der Waals surface area (Å²) in [6, 6.07) is 19.6. The summed E-state index contributed by atoms with van der Waals surface area (Å²) < 4.78 is 18.7. The second-order valence-corrected chi connectivity index (χ2v) is 11.2. The summed E-state index contributed by atoms with van der Waals surface area (Å²) in [6.07, 6.45) is 1.89. The lowest BCUT2D eigenvalue weighted by atomic mass is 9.94. The van der Waals surface area contributed by atoms with Crippen LogP contribution in [0.15, 0.2) is 87.8 Å². The number of amides is 1. The zero-order valence-corrected chi connectivity index (χ0v) is 25.2. The van der Waals surface area contributed by atoms with Gasteiger partial charge in [0.25, 0.3) is 11.5 Å². The average Bonchev–Trinajstić information content (AvgIpc) is 3.30. The number of para-hydroxylation sites is 1. The Balaban J connectivity index is 1.73. The number of nitrogens with zero attached hydrogens (tertiary/aromatic N) is 2. The summed E-state index contributed by atoms with van der Waals surface area (Å²) in [4.78, 5) is 33.3. The molecule has 1 aromatic heterocycles. The molecule has 0 aliphatic carbocycles. The Morgan fingerprint density at radius 3 is 2.33 bits per heavy atom. The van der Waals surface area contributed by atoms with Gasteiger partial charge in [0, 0.05) is 17.3 Å². The lowest BCUT2D eigenvalue weighted by Gasteiger charge is -2.26. The first kappa shape index (κ1) is 28.9. The van der Waals surface area contributed by atoms with E-state index in [0.717, 1.165) is 16.9 Å². The molecular weight excluding hydrogens is 550 g/mol. The number of hydrogen-bond acceptors (Lipinski definition) is 7. The molecule has 0 bridgehead atoms. The Morgan fingerprint density at radius 2 is 1.67 bits per heavy atom. The molecule has 1 amide bonds. The van der Waals surface area contributed by atoms with Crippen molar-refractivity contribution in [2.45, 2.75) is 32.7 Å². The minimum absolute atomic E-state index is 0.210. The first-order chi connectivity index (χ1) is 20.2. The third-order valence-electron chi connectivity index (χ3n) is 7.24. The smallest absolute Gasteiger partial charge is 0.271 e. The summed E-state index contributed by atoms with van der Waals surface area (Å²) in [5.41, 5.74) is 3.90. The fourth-order valence-corrected chi connectivity index (χ4v) is 6.16. The van der Waals surface area contributed by atoms with E-state index in [4.69, 9.17) is 19.2 Å². The SMILES string of the molecule is COc1ccc([C@@H]2C(C(=O)Nc3ccccc3)=C(C)N=c3s/c(=C\c4ccc(OC)cc4C(C)C)c(=O)n32)c(OC)c1. The molecule has 4 aromatic rings. The van der Waals surface area contributed by atoms with Gasteiger partial charge in [-0.05, 0) is 66.4 Å². The minimum atomic E-state index is -0.784. The maximum absolute atomic E-state index is 14.2. The Bertz CT molecular complexity index is 1850. The molecule has 2 heterocycles. The summed E-state index contributed by atoms with van der Waals surface area (Å²) in [7, 11) is 4.77. The number of ether oxygens (including phenoxy) is 3. The van der Waals surface area contributed by atoms with Crippen LogP contribution in [0.25, 0.3) is 6.08 Å². The number of carbonyl (C=O) groups is 1. The van der Waals surface area contributed by atoms with Crippen LogP contribution < -0.4 is 34.4 Å². The third-order valence-corrected chi connectivity index (χ3v) is 8.22. The number of allylic oxidation sites excluding steroid dienone is 1. The minimum Gasteiger partial charge on any atom is -0.497 e. The molecule has 42 heavy (non-hydrogen) atoms. The second-order valence-electron chi connectivity index (χ2n) is 10.2. The largest absolute Gasteiger partial charge is 0.497 e. The molecule has 1 atom stereocenters. The first-order valence-electron chi connectivity index (χ1n) is 13.5. The van der Waals surface area contributed by atoms with Crippen LogP contribution in [0.2, 0.25) is 0 Å². The van der Waals surface area contributed by atoms with Gasteiger partial charge in [0.2, 0.25) is 0 Å². The van der Waals surface area contributed by atoms with Gasteiger partial charge in [-0.2, -0.15) is 0 Å². The van der Waals surface area contributed by atoms with Gasteiger partial charge in [0.05, 0.1) is 37.1 Å². The Hall–Kier alpha value is -4.63. The van der Waals surface area contributed by atoms with E-state index < -0.39 is 6.04 Å². The number of thiazole rings is 1. The van der Waals surface area contributed by atoms with Crippen molar-refractivity contribution in [1.29, 1.82) is 0 Å². The van der Waals surface area contributed by atoms with Crippen LogP contribution in [0, 0.1) is 0 Å². The van der Waals surface area contributed by atoms with Crippen LogP contribution in [-0.4, -0.2) is 31.8 Å². The van der Waals surface area contributed by atoms with E-state index in [1.165, 1.54) is 11.3 Å². The van der Waals surface area contributed by atoms with E-state index in [1.807, 2.05) is 60.7 Å². The number of methoxy groups -OCH3 is 3. The monoisotopic (exact) mass is 583 g/mol. The van der Waals surface area contributed by atoms with Crippen molar-refractivity contribution in [2.75, 3.05) is 26.6 Å². The summed E-state index contributed by atoms with van der Waals surface area (Å²) >= 11 is 1.29. The number of carbonyl (C=O) groups excluding carboxylic acids is 1. The van der Waals surface area contributed by atoms with Gasteiger partial charge in [-0.3, -0.25) is 14.2 Å². The average molecular weight is 584 g/mol. The molecule has 0 saturated heterocycles. The van der Waals surface area contributed by atoms with Gasteiger partial charge in [-0.1, -0.05) is 49.4 Å². The number of fused-ring (bicyclic) bond motifs is 1. The van der Waals surface area contributed by atoms with E-state index in [9.17, 15) is 9.59 Å². The molecular formula is C33H33N3O5S. The number of benzene rings is 3. The molecule has 1 aliphatic rings. The van der Waals surface area contributed by atoms with Crippen molar-refractivity contribution in [3.63, 3.8) is 0 Å². The molecule has 0 spiro atoms. The fraction of sp³-hybridized carbons (Fsp3) is 0.242. The predicted octanol–water partition coefficient (Wildman–Crippen LogP) is 5.02. The van der Waals surface area contributed by atoms with Crippen molar-refractivity contribution in [2.24, 2.45) is 4.99 Å². The molecule has 5 rings (SSSR count). The molecule has 1 N–H and O–H groups in total. The molecule has 1 aliphatic heterocycles. The lowest BCUT2D eigenvalue weighted by Crippen LogP contribution is -2.40. The number of anilines is 1. The zero-order chi connectivity index (χ0) is 30.0. The van der Waals surface area contributed by atoms with Crippen LogP contribution in [-0.2, 0) is 4.79 Å². The van der Waals surface area contributed by atoms with Crippen LogP contribution in [0.3, 0.4) is 0 Å². The maximum Gasteiger partial charge on any atom is 0.271 e. The molecule has 3 aromatic carbocycles. The molecule has 0 fully saturated rings. The van der Waals surface area contributed by atoms with Crippen LogP contribution in [0.5, 0.6) is 17.2 Å². The van der Waals surface area contributed by atoms with Crippen molar-refractivity contribution < 1.29 is 19.0 Å². The van der Waals surface area contributed by atoms with Crippen LogP contribution in [0.4, 0.5) is 5.69 Å². The molecule has 0 radical (unpaired) electrons. The number of aromatic nitrogens is 1. The molecule has 0 unspecified atom stereocenters.